The zero-order chi connectivity index (χ0) is 19.8. The normalized spacial score (nSPS) is 24.9. The summed E-state index contributed by atoms with van der Waals surface area (Å²) in [5.74, 6) is 2.37. The van der Waals surface area contributed by atoms with Gasteiger partial charge in [0.1, 0.15) is 0 Å². The number of guanidine groups is 1. The van der Waals surface area contributed by atoms with Crippen LogP contribution in [0, 0.1) is 11.8 Å². The third kappa shape index (κ3) is 7.36. The largest absolute Gasteiger partial charge is 0.356 e. The van der Waals surface area contributed by atoms with Crippen LogP contribution in [-0.4, -0.2) is 69.1 Å². The predicted molar refractivity (Wildman–Crippen MR) is 137 cm³/mol. The summed E-state index contributed by atoms with van der Waals surface area (Å²) in [5, 5.41) is 9.43. The summed E-state index contributed by atoms with van der Waals surface area (Å²) >= 11 is 1.89. The zero-order valence-corrected chi connectivity index (χ0v) is 21.5. The van der Waals surface area contributed by atoms with Crippen LogP contribution in [0.3, 0.4) is 0 Å². The smallest absolute Gasteiger partial charge is 0.190 e. The number of halogens is 1. The quantitative estimate of drug-likeness (QED) is 0.316. The molecule has 2 unspecified atom stereocenters. The van der Waals surface area contributed by atoms with E-state index >= 15 is 0 Å². The van der Waals surface area contributed by atoms with Crippen molar-refractivity contribution in [3.63, 3.8) is 0 Å². The van der Waals surface area contributed by atoms with E-state index in [0.717, 1.165) is 25.0 Å². The average molecular weight is 534 g/mol. The molecule has 2 atom stereocenters. The van der Waals surface area contributed by atoms with Crippen molar-refractivity contribution in [2.45, 2.75) is 45.1 Å². The van der Waals surface area contributed by atoms with Crippen molar-refractivity contribution < 1.29 is 0 Å². The summed E-state index contributed by atoms with van der Waals surface area (Å²) in [6, 6.07) is 5.00. The number of hydrogen-bond acceptors (Lipinski definition) is 4. The Balaban J connectivity index is 0.00000300. The van der Waals surface area contributed by atoms with Crippen LogP contribution in [0.15, 0.2) is 22.5 Å². The molecule has 0 radical (unpaired) electrons. The molecule has 2 N–H and O–H groups in total. The van der Waals surface area contributed by atoms with E-state index in [2.05, 4.69) is 56.9 Å². The Kier molecular flexibility index (Phi) is 11.3. The van der Waals surface area contributed by atoms with Crippen molar-refractivity contribution >= 4 is 41.3 Å². The second-order valence-electron chi connectivity index (χ2n) is 8.46. The highest BCUT2D eigenvalue weighted by Gasteiger charge is 2.31. The minimum absolute atomic E-state index is 0. The average Bonchev–Trinajstić information content (AvgIpc) is 3.24. The molecule has 7 heteroatoms. The number of rotatable bonds is 7. The number of nitrogens with zero attached hydrogens (tertiary/aromatic N) is 3. The van der Waals surface area contributed by atoms with E-state index in [4.69, 9.17) is 0 Å². The third-order valence-electron chi connectivity index (χ3n) is 6.40. The molecule has 3 rings (SSSR count). The summed E-state index contributed by atoms with van der Waals surface area (Å²) in [4.78, 5) is 11.1. The first-order chi connectivity index (χ1) is 13.7. The van der Waals surface area contributed by atoms with Crippen molar-refractivity contribution in [1.82, 2.24) is 20.4 Å². The Morgan fingerprint density at radius 3 is 2.59 bits per heavy atom. The van der Waals surface area contributed by atoms with Gasteiger partial charge in [-0.05, 0) is 88.6 Å². The van der Waals surface area contributed by atoms with Crippen molar-refractivity contribution in [2.24, 2.45) is 16.8 Å². The first-order valence-electron chi connectivity index (χ1n) is 11.1. The predicted octanol–water partition coefficient (Wildman–Crippen LogP) is 4.04. The fraction of sp³-hybridized carbons (Fsp3) is 0.773. The van der Waals surface area contributed by atoms with Crippen LogP contribution in [0.4, 0.5) is 0 Å². The number of thiophene rings is 1. The molecule has 3 heterocycles. The van der Waals surface area contributed by atoms with Gasteiger partial charge in [0.15, 0.2) is 5.96 Å². The molecule has 166 valence electrons. The monoisotopic (exact) mass is 533 g/mol. The molecule has 2 fully saturated rings. The van der Waals surface area contributed by atoms with Gasteiger partial charge in [-0.3, -0.25) is 9.89 Å². The first kappa shape index (κ1) is 24.9. The number of likely N-dealkylation sites (tertiary alicyclic amines) is 2. The maximum atomic E-state index is 4.48. The zero-order valence-electron chi connectivity index (χ0n) is 18.4. The summed E-state index contributed by atoms with van der Waals surface area (Å²) in [6.45, 7) is 9.26. The van der Waals surface area contributed by atoms with Gasteiger partial charge in [0.2, 0.25) is 0 Å². The van der Waals surface area contributed by atoms with Gasteiger partial charge in [-0.15, -0.1) is 35.3 Å². The van der Waals surface area contributed by atoms with E-state index in [0.29, 0.717) is 12.0 Å². The SMILES string of the molecule is CCCN1CCC(CNC(=NC)NCC2CCCN(C)C2c2cccs2)CC1.I. The van der Waals surface area contributed by atoms with Gasteiger partial charge in [-0.2, -0.15) is 0 Å². The fourth-order valence-electron chi connectivity index (χ4n) is 4.80. The van der Waals surface area contributed by atoms with E-state index in [9.17, 15) is 0 Å². The lowest BCUT2D eigenvalue weighted by Crippen LogP contribution is -2.46. The number of piperidine rings is 2. The lowest BCUT2D eigenvalue weighted by Gasteiger charge is -2.39. The van der Waals surface area contributed by atoms with Crippen molar-refractivity contribution in [3.05, 3.63) is 22.4 Å². The van der Waals surface area contributed by atoms with Crippen LogP contribution in [0.5, 0.6) is 0 Å². The molecular formula is C22H40IN5S. The number of nitrogens with one attached hydrogen (secondary N) is 2. The maximum Gasteiger partial charge on any atom is 0.190 e. The van der Waals surface area contributed by atoms with Gasteiger partial charge >= 0.3 is 0 Å². The second kappa shape index (κ2) is 13.1. The highest BCUT2D eigenvalue weighted by Crippen LogP contribution is 2.36. The third-order valence-corrected chi connectivity index (χ3v) is 7.35. The fourth-order valence-corrected chi connectivity index (χ4v) is 5.79. The molecule has 0 amide bonds. The molecule has 0 aliphatic carbocycles. The molecular weight excluding hydrogens is 493 g/mol. The molecule has 1 aromatic rings. The Hall–Kier alpha value is -0.380. The Bertz CT molecular complexity index is 586. The molecule has 0 bridgehead atoms. The van der Waals surface area contributed by atoms with Gasteiger partial charge in [0, 0.05) is 31.1 Å². The number of hydrogen-bond donors (Lipinski definition) is 2. The molecule has 0 aromatic carbocycles. The summed E-state index contributed by atoms with van der Waals surface area (Å²) in [5.41, 5.74) is 0. The Morgan fingerprint density at radius 1 is 1.17 bits per heavy atom. The minimum Gasteiger partial charge on any atom is -0.356 e. The van der Waals surface area contributed by atoms with Gasteiger partial charge < -0.3 is 15.5 Å². The van der Waals surface area contributed by atoms with Crippen molar-refractivity contribution in [2.75, 3.05) is 53.4 Å². The van der Waals surface area contributed by atoms with Crippen LogP contribution in [0.2, 0.25) is 0 Å². The highest BCUT2D eigenvalue weighted by molar-refractivity contribution is 14.0. The van der Waals surface area contributed by atoms with Crippen LogP contribution < -0.4 is 10.6 Å². The maximum absolute atomic E-state index is 4.48. The molecule has 0 spiro atoms. The Labute approximate surface area is 198 Å². The van der Waals surface area contributed by atoms with E-state index in [1.54, 1.807) is 0 Å². The molecule has 2 saturated heterocycles. The van der Waals surface area contributed by atoms with Crippen LogP contribution in [0.25, 0.3) is 0 Å². The number of aliphatic imine (C=N–C) groups is 1. The van der Waals surface area contributed by atoms with Crippen molar-refractivity contribution in [3.8, 4) is 0 Å². The van der Waals surface area contributed by atoms with Crippen LogP contribution >= 0.6 is 35.3 Å². The van der Waals surface area contributed by atoms with Gasteiger partial charge in [0.25, 0.3) is 0 Å². The van der Waals surface area contributed by atoms with E-state index < -0.39 is 0 Å². The highest BCUT2D eigenvalue weighted by atomic mass is 127. The molecule has 1 aromatic heterocycles. The minimum atomic E-state index is 0. The van der Waals surface area contributed by atoms with Gasteiger partial charge in [0.05, 0.1) is 0 Å². The van der Waals surface area contributed by atoms with Crippen LogP contribution in [-0.2, 0) is 0 Å². The first-order valence-corrected chi connectivity index (χ1v) is 12.0. The molecule has 2 aliphatic rings. The van der Waals surface area contributed by atoms with E-state index in [1.807, 2.05) is 18.4 Å². The molecule has 0 saturated carbocycles. The Morgan fingerprint density at radius 2 is 1.93 bits per heavy atom. The summed E-state index contributed by atoms with van der Waals surface area (Å²) < 4.78 is 0. The molecule has 29 heavy (non-hydrogen) atoms. The molecule has 5 nitrogen and oxygen atoms in total. The summed E-state index contributed by atoms with van der Waals surface area (Å²) in [7, 11) is 4.16. The molecule has 2 aliphatic heterocycles. The summed E-state index contributed by atoms with van der Waals surface area (Å²) in [6.07, 6.45) is 6.44. The lowest BCUT2D eigenvalue weighted by atomic mass is 9.88. The topological polar surface area (TPSA) is 42.9 Å². The van der Waals surface area contributed by atoms with E-state index in [-0.39, 0.29) is 24.0 Å². The van der Waals surface area contributed by atoms with Gasteiger partial charge in [-0.1, -0.05) is 13.0 Å². The van der Waals surface area contributed by atoms with Gasteiger partial charge in [-0.25, -0.2) is 0 Å². The van der Waals surface area contributed by atoms with Crippen molar-refractivity contribution in [1.29, 1.82) is 0 Å². The van der Waals surface area contributed by atoms with E-state index in [1.165, 1.54) is 63.2 Å². The van der Waals surface area contributed by atoms with Crippen LogP contribution in [0.1, 0.15) is 49.9 Å². The second-order valence-corrected chi connectivity index (χ2v) is 9.44. The lowest BCUT2D eigenvalue weighted by molar-refractivity contribution is 0.125. The standard InChI is InChI=1S/C22H39N5S.HI/c1-4-11-27-13-9-18(10-14-27)16-24-22(23-2)25-17-19-7-5-12-26(3)21(19)20-8-6-15-28-20;/h6,8,15,18-19,21H,4-5,7,9-14,16-17H2,1-3H3,(H2,23,24,25);1H.